The first kappa shape index (κ1) is 14.2. The normalized spacial score (nSPS) is 25.8. The molecule has 0 amide bonds. The van der Waals surface area contributed by atoms with Crippen LogP contribution in [0.3, 0.4) is 0 Å². The minimum atomic E-state index is 0.288. The number of aliphatic imine (C=N–C) groups is 1. The lowest BCUT2D eigenvalue weighted by molar-refractivity contribution is 0.0643. The molecule has 1 saturated heterocycles. The highest BCUT2D eigenvalue weighted by molar-refractivity contribution is 8.14. The van der Waals surface area contributed by atoms with Crippen LogP contribution in [0.1, 0.15) is 52.4 Å². The summed E-state index contributed by atoms with van der Waals surface area (Å²) in [6, 6.07) is 0. The van der Waals surface area contributed by atoms with Crippen LogP contribution in [0, 0.1) is 0 Å². The van der Waals surface area contributed by atoms with E-state index in [0.717, 1.165) is 24.1 Å². The number of amidine groups is 1. The summed E-state index contributed by atoms with van der Waals surface area (Å²) in [5.41, 5.74) is 0.288. The van der Waals surface area contributed by atoms with Crippen molar-refractivity contribution < 1.29 is 4.74 Å². The molecule has 0 aromatic carbocycles. The van der Waals surface area contributed by atoms with Crippen LogP contribution in [0.15, 0.2) is 4.99 Å². The second-order valence-corrected chi connectivity index (χ2v) is 6.33. The van der Waals surface area contributed by atoms with Gasteiger partial charge in [-0.05, 0) is 25.7 Å². The summed E-state index contributed by atoms with van der Waals surface area (Å²) in [6.07, 6.45) is 8.04. The topological polar surface area (TPSA) is 33.6 Å². The first-order valence-electron chi connectivity index (χ1n) is 7.35. The highest BCUT2D eigenvalue weighted by Crippen LogP contribution is 2.28. The molecule has 2 aliphatic rings. The van der Waals surface area contributed by atoms with Gasteiger partial charge in [0, 0.05) is 11.3 Å². The van der Waals surface area contributed by atoms with Crippen LogP contribution in [0.4, 0.5) is 0 Å². The van der Waals surface area contributed by atoms with Crippen LogP contribution in [-0.4, -0.2) is 35.7 Å². The maximum absolute atomic E-state index is 5.82. The van der Waals surface area contributed by atoms with Gasteiger partial charge in [-0.3, -0.25) is 4.99 Å². The van der Waals surface area contributed by atoms with Gasteiger partial charge in [0.1, 0.15) is 0 Å². The summed E-state index contributed by atoms with van der Waals surface area (Å²) in [6.45, 7) is 6.09. The smallest absolute Gasteiger partial charge is 0.157 e. The fraction of sp³-hybridized carbons (Fsp3) is 0.929. The van der Waals surface area contributed by atoms with Gasteiger partial charge in [0.25, 0.3) is 0 Å². The zero-order chi connectivity index (χ0) is 12.8. The molecule has 4 heteroatoms. The highest BCUT2D eigenvalue weighted by Gasteiger charge is 2.33. The van der Waals surface area contributed by atoms with E-state index in [1.165, 1.54) is 38.5 Å². The van der Waals surface area contributed by atoms with E-state index in [1.54, 1.807) is 0 Å². The Kier molecular flexibility index (Phi) is 5.37. The lowest BCUT2D eigenvalue weighted by atomic mass is 9.96. The van der Waals surface area contributed by atoms with Crippen molar-refractivity contribution in [2.24, 2.45) is 4.99 Å². The van der Waals surface area contributed by atoms with E-state index in [-0.39, 0.29) is 5.54 Å². The third-order valence-corrected chi connectivity index (χ3v) is 5.41. The number of rotatable bonds is 6. The molecule has 1 aliphatic heterocycles. The van der Waals surface area contributed by atoms with Crippen LogP contribution < -0.4 is 5.32 Å². The van der Waals surface area contributed by atoms with Gasteiger partial charge in [-0.1, -0.05) is 38.5 Å². The molecule has 2 fully saturated rings. The standard InChI is InChI=1S/C14H26N2OS/c1-3-14(4-2)11-18-13(16-14)15-9-10-17-12-7-5-6-8-12/h12H,3-11H2,1-2H3,(H,15,16). The van der Waals surface area contributed by atoms with Crippen molar-refractivity contribution in [3.8, 4) is 0 Å². The highest BCUT2D eigenvalue weighted by atomic mass is 32.2. The predicted octanol–water partition coefficient (Wildman–Crippen LogP) is 3.20. The van der Waals surface area contributed by atoms with E-state index in [2.05, 4.69) is 24.2 Å². The summed E-state index contributed by atoms with van der Waals surface area (Å²) >= 11 is 1.86. The van der Waals surface area contributed by atoms with Gasteiger partial charge in [0.15, 0.2) is 5.17 Å². The maximum Gasteiger partial charge on any atom is 0.157 e. The summed E-state index contributed by atoms with van der Waals surface area (Å²) < 4.78 is 5.82. The zero-order valence-corrected chi connectivity index (χ0v) is 12.5. The van der Waals surface area contributed by atoms with Crippen molar-refractivity contribution in [1.82, 2.24) is 5.32 Å². The Morgan fingerprint density at radius 1 is 1.33 bits per heavy atom. The Morgan fingerprint density at radius 2 is 2.06 bits per heavy atom. The van der Waals surface area contributed by atoms with E-state index in [1.807, 2.05) is 11.8 Å². The fourth-order valence-corrected chi connectivity index (χ4v) is 4.01. The van der Waals surface area contributed by atoms with Gasteiger partial charge in [-0.15, -0.1) is 0 Å². The first-order chi connectivity index (χ1) is 8.78. The van der Waals surface area contributed by atoms with Crippen molar-refractivity contribution in [2.75, 3.05) is 18.9 Å². The quantitative estimate of drug-likeness (QED) is 0.753. The average Bonchev–Trinajstić information content (AvgIpc) is 3.05. The number of ether oxygens (including phenoxy) is 1. The summed E-state index contributed by atoms with van der Waals surface area (Å²) in [7, 11) is 0. The third kappa shape index (κ3) is 3.64. The van der Waals surface area contributed by atoms with Crippen molar-refractivity contribution in [3.05, 3.63) is 0 Å². The Labute approximate surface area is 115 Å². The van der Waals surface area contributed by atoms with Gasteiger partial charge < -0.3 is 10.1 Å². The van der Waals surface area contributed by atoms with Gasteiger partial charge >= 0.3 is 0 Å². The number of hydrogen-bond acceptors (Lipinski definition) is 3. The van der Waals surface area contributed by atoms with E-state index in [9.17, 15) is 0 Å². The Hall–Kier alpha value is -0.220. The molecule has 1 saturated carbocycles. The molecule has 1 aliphatic carbocycles. The molecular formula is C14H26N2OS. The van der Waals surface area contributed by atoms with E-state index >= 15 is 0 Å². The summed E-state index contributed by atoms with van der Waals surface area (Å²) in [5, 5.41) is 4.71. The van der Waals surface area contributed by atoms with E-state index in [4.69, 9.17) is 4.74 Å². The van der Waals surface area contributed by atoms with Crippen LogP contribution in [0.5, 0.6) is 0 Å². The van der Waals surface area contributed by atoms with Crippen molar-refractivity contribution in [3.63, 3.8) is 0 Å². The number of thioether (sulfide) groups is 1. The van der Waals surface area contributed by atoms with E-state index in [0.29, 0.717) is 6.10 Å². The van der Waals surface area contributed by atoms with Crippen molar-refractivity contribution >= 4 is 16.9 Å². The van der Waals surface area contributed by atoms with Gasteiger partial charge in [0.2, 0.25) is 0 Å². The SMILES string of the molecule is CCC1(CC)CSC(=NCCOC2CCCC2)N1. The fourth-order valence-electron chi connectivity index (χ4n) is 2.64. The number of hydrogen-bond donors (Lipinski definition) is 1. The predicted molar refractivity (Wildman–Crippen MR) is 79.4 cm³/mol. The van der Waals surface area contributed by atoms with Crippen LogP contribution in [0.25, 0.3) is 0 Å². The molecule has 18 heavy (non-hydrogen) atoms. The lowest BCUT2D eigenvalue weighted by Gasteiger charge is -2.25. The number of nitrogens with one attached hydrogen (secondary N) is 1. The largest absolute Gasteiger partial charge is 0.376 e. The second kappa shape index (κ2) is 6.80. The second-order valence-electron chi connectivity index (χ2n) is 5.37. The molecule has 104 valence electrons. The Bertz CT molecular complexity index is 284. The van der Waals surface area contributed by atoms with Gasteiger partial charge in [-0.25, -0.2) is 0 Å². The summed E-state index contributed by atoms with van der Waals surface area (Å²) in [5.74, 6) is 1.16. The van der Waals surface area contributed by atoms with E-state index < -0.39 is 0 Å². The molecule has 3 nitrogen and oxygen atoms in total. The molecule has 1 N–H and O–H groups in total. The molecule has 0 bridgehead atoms. The van der Waals surface area contributed by atoms with Gasteiger partial charge in [-0.2, -0.15) is 0 Å². The molecule has 0 spiro atoms. The molecule has 0 atom stereocenters. The minimum absolute atomic E-state index is 0.288. The molecule has 0 aromatic heterocycles. The monoisotopic (exact) mass is 270 g/mol. The molecular weight excluding hydrogens is 244 g/mol. The molecule has 1 heterocycles. The Balaban J connectivity index is 1.67. The zero-order valence-electron chi connectivity index (χ0n) is 11.7. The van der Waals surface area contributed by atoms with Crippen LogP contribution in [0.2, 0.25) is 0 Å². The van der Waals surface area contributed by atoms with Crippen LogP contribution in [-0.2, 0) is 4.74 Å². The van der Waals surface area contributed by atoms with Gasteiger partial charge in [0.05, 0.1) is 19.3 Å². The molecule has 0 aromatic rings. The number of nitrogens with zero attached hydrogens (tertiary/aromatic N) is 1. The molecule has 0 radical (unpaired) electrons. The lowest BCUT2D eigenvalue weighted by Crippen LogP contribution is -2.42. The average molecular weight is 270 g/mol. The molecule has 0 unspecified atom stereocenters. The summed E-state index contributed by atoms with van der Waals surface area (Å²) in [4.78, 5) is 4.62. The van der Waals surface area contributed by atoms with Crippen LogP contribution >= 0.6 is 11.8 Å². The maximum atomic E-state index is 5.82. The van der Waals surface area contributed by atoms with Crippen molar-refractivity contribution in [2.45, 2.75) is 64.0 Å². The minimum Gasteiger partial charge on any atom is -0.376 e. The van der Waals surface area contributed by atoms with Crippen molar-refractivity contribution in [1.29, 1.82) is 0 Å². The Morgan fingerprint density at radius 3 is 2.67 bits per heavy atom. The molecule has 2 rings (SSSR count). The third-order valence-electron chi connectivity index (χ3n) is 4.21. The first-order valence-corrected chi connectivity index (χ1v) is 8.33.